The largest absolute Gasteiger partial charge is 0.278 e. The van der Waals surface area contributed by atoms with E-state index in [0.29, 0.717) is 10.6 Å². The van der Waals surface area contributed by atoms with Gasteiger partial charge in [0.25, 0.3) is 0 Å². The number of nitrogens with zero attached hydrogens (tertiary/aromatic N) is 4. The number of aromatic amines is 1. The highest BCUT2D eigenvalue weighted by Crippen LogP contribution is 2.09. The minimum Gasteiger partial charge on any atom is -0.278 e. The fourth-order valence-electron chi connectivity index (χ4n) is 1.06. The van der Waals surface area contributed by atoms with Crippen LogP contribution in [-0.2, 0) is 14.1 Å². The van der Waals surface area contributed by atoms with Crippen molar-refractivity contribution in [1.29, 1.82) is 0 Å². The zero-order valence-electron chi connectivity index (χ0n) is 7.35. The highest BCUT2D eigenvalue weighted by molar-refractivity contribution is 7.71. The minimum atomic E-state index is 0.528. The highest BCUT2D eigenvalue weighted by atomic mass is 32.1. The second kappa shape index (κ2) is 2.81. The van der Waals surface area contributed by atoms with Crippen LogP contribution in [0.4, 0.5) is 0 Å². The molecule has 0 aliphatic carbocycles. The molecule has 68 valence electrons. The first-order valence-corrected chi connectivity index (χ1v) is 4.21. The maximum atomic E-state index is 4.97. The Morgan fingerprint density at radius 1 is 1.46 bits per heavy atom. The fourth-order valence-corrected chi connectivity index (χ4v) is 1.20. The van der Waals surface area contributed by atoms with Crippen molar-refractivity contribution < 1.29 is 0 Å². The van der Waals surface area contributed by atoms with Crippen molar-refractivity contribution in [3.63, 3.8) is 0 Å². The predicted molar refractivity (Wildman–Crippen MR) is 50.6 cm³/mol. The Hall–Kier alpha value is -1.43. The van der Waals surface area contributed by atoms with Crippen molar-refractivity contribution in [2.24, 2.45) is 14.1 Å². The van der Waals surface area contributed by atoms with E-state index in [1.54, 1.807) is 9.36 Å². The molecule has 0 bridgehead atoms. The lowest BCUT2D eigenvalue weighted by atomic mass is 10.4. The van der Waals surface area contributed by atoms with Gasteiger partial charge in [0.05, 0.1) is 0 Å². The molecule has 0 unspecified atom stereocenters. The van der Waals surface area contributed by atoms with E-state index in [1.165, 1.54) is 0 Å². The van der Waals surface area contributed by atoms with Gasteiger partial charge in [-0.2, -0.15) is 10.1 Å². The first-order chi connectivity index (χ1) is 6.16. The molecule has 2 heterocycles. The van der Waals surface area contributed by atoms with Crippen LogP contribution in [0.1, 0.15) is 0 Å². The van der Waals surface area contributed by atoms with E-state index in [4.69, 9.17) is 12.2 Å². The van der Waals surface area contributed by atoms with Gasteiger partial charge in [-0.25, -0.2) is 0 Å². The zero-order chi connectivity index (χ0) is 9.42. The number of nitrogens with one attached hydrogen (secondary N) is 1. The van der Waals surface area contributed by atoms with E-state index in [-0.39, 0.29) is 0 Å². The van der Waals surface area contributed by atoms with Crippen molar-refractivity contribution in [3.8, 4) is 11.5 Å². The molecule has 13 heavy (non-hydrogen) atoms. The molecule has 0 atom stereocenters. The summed E-state index contributed by atoms with van der Waals surface area (Å²) in [7, 11) is 3.68. The Kier molecular flexibility index (Phi) is 1.77. The van der Waals surface area contributed by atoms with Crippen LogP contribution in [0.15, 0.2) is 12.3 Å². The normalized spacial score (nSPS) is 10.6. The zero-order valence-corrected chi connectivity index (χ0v) is 8.17. The number of aryl methyl sites for hydroxylation is 2. The number of H-pyrrole nitrogens is 1. The summed E-state index contributed by atoms with van der Waals surface area (Å²) in [5, 5.41) is 7.20. The van der Waals surface area contributed by atoms with Crippen LogP contribution >= 0.6 is 12.2 Å². The lowest BCUT2D eigenvalue weighted by molar-refractivity contribution is 0.748. The molecular formula is C7H9N5S. The Balaban J connectivity index is 2.52. The molecule has 2 rings (SSSR count). The Morgan fingerprint density at radius 3 is 2.69 bits per heavy atom. The van der Waals surface area contributed by atoms with E-state index in [0.717, 1.165) is 5.69 Å². The van der Waals surface area contributed by atoms with E-state index in [9.17, 15) is 0 Å². The molecule has 0 aliphatic rings. The number of hydrogen-bond acceptors (Lipinski definition) is 3. The Labute approximate surface area is 80.0 Å². The van der Waals surface area contributed by atoms with E-state index < -0.39 is 0 Å². The van der Waals surface area contributed by atoms with Gasteiger partial charge < -0.3 is 0 Å². The molecule has 0 aliphatic heterocycles. The highest BCUT2D eigenvalue weighted by Gasteiger charge is 2.04. The van der Waals surface area contributed by atoms with Gasteiger partial charge in [0, 0.05) is 20.3 Å². The summed E-state index contributed by atoms with van der Waals surface area (Å²) in [5.74, 6) is 0.702. The van der Waals surface area contributed by atoms with Crippen molar-refractivity contribution in [3.05, 3.63) is 17.0 Å². The molecule has 0 spiro atoms. The van der Waals surface area contributed by atoms with Gasteiger partial charge in [-0.3, -0.25) is 14.5 Å². The van der Waals surface area contributed by atoms with E-state index >= 15 is 0 Å². The molecule has 1 N–H and O–H groups in total. The monoisotopic (exact) mass is 195 g/mol. The van der Waals surface area contributed by atoms with E-state index in [1.807, 2.05) is 26.4 Å². The summed E-state index contributed by atoms with van der Waals surface area (Å²) in [4.78, 5) is 4.14. The standard InChI is InChI=1S/C7H9N5S/c1-11-4-3-5(9-11)6-8-7(13)12(2)10-6/h3-4H,1-2H3,(H,8,10,13). The van der Waals surface area contributed by atoms with Crippen LogP contribution in [0.3, 0.4) is 0 Å². The molecule has 0 aromatic carbocycles. The molecule has 0 radical (unpaired) electrons. The van der Waals surface area contributed by atoms with Gasteiger partial charge >= 0.3 is 0 Å². The third kappa shape index (κ3) is 1.40. The maximum Gasteiger partial charge on any atom is 0.216 e. The smallest absolute Gasteiger partial charge is 0.216 e. The van der Waals surface area contributed by atoms with Crippen LogP contribution in [0.5, 0.6) is 0 Å². The summed E-state index contributed by atoms with van der Waals surface area (Å²) in [6.07, 6.45) is 1.86. The molecular weight excluding hydrogens is 186 g/mol. The first-order valence-electron chi connectivity index (χ1n) is 3.80. The third-order valence-corrected chi connectivity index (χ3v) is 2.09. The third-order valence-electron chi connectivity index (χ3n) is 1.72. The van der Waals surface area contributed by atoms with Crippen LogP contribution in [0.25, 0.3) is 11.5 Å². The first kappa shape index (κ1) is 8.18. The maximum absolute atomic E-state index is 4.97. The average Bonchev–Trinajstić information content (AvgIpc) is 2.61. The quantitative estimate of drug-likeness (QED) is 0.687. The van der Waals surface area contributed by atoms with Gasteiger partial charge in [0.2, 0.25) is 4.77 Å². The van der Waals surface area contributed by atoms with E-state index in [2.05, 4.69) is 15.2 Å². The minimum absolute atomic E-state index is 0.528. The van der Waals surface area contributed by atoms with Gasteiger partial charge in [-0.15, -0.1) is 0 Å². The van der Waals surface area contributed by atoms with Crippen molar-refractivity contribution in [2.75, 3.05) is 0 Å². The average molecular weight is 195 g/mol. The van der Waals surface area contributed by atoms with Gasteiger partial charge in [-0.1, -0.05) is 0 Å². The van der Waals surface area contributed by atoms with Crippen LogP contribution in [-0.4, -0.2) is 24.5 Å². The number of aromatic nitrogens is 5. The summed E-state index contributed by atoms with van der Waals surface area (Å²) in [6, 6.07) is 1.88. The lowest BCUT2D eigenvalue weighted by Gasteiger charge is -1.88. The molecule has 0 saturated heterocycles. The molecule has 0 saturated carbocycles. The van der Waals surface area contributed by atoms with Crippen LogP contribution in [0, 0.1) is 4.77 Å². The molecule has 5 nitrogen and oxygen atoms in total. The number of rotatable bonds is 1. The second-order valence-corrected chi connectivity index (χ2v) is 3.15. The Bertz CT molecular complexity index is 477. The molecule has 0 fully saturated rings. The predicted octanol–water partition coefficient (Wildman–Crippen LogP) is 0.878. The molecule has 6 heteroatoms. The lowest BCUT2D eigenvalue weighted by Crippen LogP contribution is -1.91. The van der Waals surface area contributed by atoms with Gasteiger partial charge in [-0.05, 0) is 18.3 Å². The summed E-state index contributed by atoms with van der Waals surface area (Å²) in [6.45, 7) is 0. The topological polar surface area (TPSA) is 51.4 Å². The SMILES string of the molecule is Cn1ccc(-c2nc(=S)n(C)[nH]2)n1. The van der Waals surface area contributed by atoms with Crippen LogP contribution < -0.4 is 0 Å². The summed E-state index contributed by atoms with van der Waals surface area (Å²) in [5.41, 5.74) is 0.800. The summed E-state index contributed by atoms with van der Waals surface area (Å²) >= 11 is 4.97. The molecule has 0 amide bonds. The molecule has 2 aromatic rings. The van der Waals surface area contributed by atoms with Crippen LogP contribution in [0.2, 0.25) is 0 Å². The summed E-state index contributed by atoms with van der Waals surface area (Å²) < 4.78 is 3.93. The van der Waals surface area contributed by atoms with Gasteiger partial charge in [0.15, 0.2) is 5.82 Å². The van der Waals surface area contributed by atoms with Crippen molar-refractivity contribution in [1.82, 2.24) is 24.5 Å². The van der Waals surface area contributed by atoms with Crippen molar-refractivity contribution in [2.45, 2.75) is 0 Å². The van der Waals surface area contributed by atoms with Crippen molar-refractivity contribution >= 4 is 12.2 Å². The van der Waals surface area contributed by atoms with Gasteiger partial charge in [0.1, 0.15) is 5.69 Å². The Morgan fingerprint density at radius 2 is 2.23 bits per heavy atom. The molecule has 2 aromatic heterocycles. The fraction of sp³-hybridized carbons (Fsp3) is 0.286. The number of hydrogen-bond donors (Lipinski definition) is 1. The second-order valence-electron chi connectivity index (χ2n) is 2.79.